The molecular formula is C12H16ClNO3. The van der Waals surface area contributed by atoms with Gasteiger partial charge in [0.1, 0.15) is 12.2 Å². The van der Waals surface area contributed by atoms with Gasteiger partial charge < -0.3 is 15.2 Å². The first-order valence-corrected chi connectivity index (χ1v) is 5.58. The van der Waals surface area contributed by atoms with Gasteiger partial charge in [-0.3, -0.25) is 0 Å². The van der Waals surface area contributed by atoms with Crippen molar-refractivity contribution in [1.29, 1.82) is 0 Å². The minimum absolute atomic E-state index is 0.435. The summed E-state index contributed by atoms with van der Waals surface area (Å²) in [4.78, 5) is 10.7. The van der Waals surface area contributed by atoms with Crippen LogP contribution in [0.5, 0.6) is 0 Å². The third-order valence-electron chi connectivity index (χ3n) is 2.44. The molecular weight excluding hydrogens is 242 g/mol. The molecule has 1 aromatic rings. The highest BCUT2D eigenvalue weighted by molar-refractivity contribution is 6.31. The summed E-state index contributed by atoms with van der Waals surface area (Å²) in [6, 6.07) is 5.61. The van der Waals surface area contributed by atoms with E-state index in [1.54, 1.807) is 6.92 Å². The fourth-order valence-electron chi connectivity index (χ4n) is 1.68. The molecule has 1 rings (SSSR count). The van der Waals surface area contributed by atoms with Gasteiger partial charge in [-0.25, -0.2) is 4.79 Å². The van der Waals surface area contributed by atoms with Crippen LogP contribution in [0, 0.1) is 6.92 Å². The lowest BCUT2D eigenvalue weighted by atomic mass is 10.0. The van der Waals surface area contributed by atoms with Gasteiger partial charge in [0.15, 0.2) is 0 Å². The van der Waals surface area contributed by atoms with Crippen molar-refractivity contribution < 1.29 is 14.3 Å². The maximum Gasteiger partial charge on any atom is 0.404 e. The maximum absolute atomic E-state index is 10.7. The number of benzene rings is 1. The predicted molar refractivity (Wildman–Crippen MR) is 66.1 cm³/mol. The molecule has 94 valence electrons. The number of aryl methyl sites for hydroxylation is 1. The van der Waals surface area contributed by atoms with Crippen LogP contribution in [0.25, 0.3) is 0 Å². The van der Waals surface area contributed by atoms with Crippen LogP contribution in [0.3, 0.4) is 0 Å². The smallest absolute Gasteiger partial charge is 0.404 e. The van der Waals surface area contributed by atoms with Crippen LogP contribution in [0.4, 0.5) is 4.79 Å². The summed E-state index contributed by atoms with van der Waals surface area (Å²) in [5, 5.41) is 0.580. The van der Waals surface area contributed by atoms with Crippen molar-refractivity contribution in [2.45, 2.75) is 26.1 Å². The number of carbonyl (C=O) groups is 1. The second kappa shape index (κ2) is 5.89. The van der Waals surface area contributed by atoms with Crippen molar-refractivity contribution in [2.75, 3.05) is 7.11 Å². The summed E-state index contributed by atoms with van der Waals surface area (Å²) >= 11 is 6.13. The van der Waals surface area contributed by atoms with Gasteiger partial charge in [-0.1, -0.05) is 23.7 Å². The molecule has 0 aliphatic heterocycles. The van der Waals surface area contributed by atoms with Crippen LogP contribution in [0.2, 0.25) is 5.02 Å². The van der Waals surface area contributed by atoms with Crippen LogP contribution in [0.15, 0.2) is 18.2 Å². The molecule has 1 aromatic carbocycles. The summed E-state index contributed by atoms with van der Waals surface area (Å²) < 4.78 is 10.2. The monoisotopic (exact) mass is 257 g/mol. The molecule has 5 heteroatoms. The van der Waals surface area contributed by atoms with Gasteiger partial charge >= 0.3 is 6.09 Å². The number of hydrogen-bond donors (Lipinski definition) is 1. The van der Waals surface area contributed by atoms with E-state index >= 15 is 0 Å². The van der Waals surface area contributed by atoms with E-state index < -0.39 is 18.3 Å². The van der Waals surface area contributed by atoms with Crippen molar-refractivity contribution in [1.82, 2.24) is 0 Å². The minimum atomic E-state index is -0.831. The van der Waals surface area contributed by atoms with Crippen molar-refractivity contribution in [3.63, 3.8) is 0 Å². The van der Waals surface area contributed by atoms with E-state index in [4.69, 9.17) is 26.8 Å². The van der Waals surface area contributed by atoms with Gasteiger partial charge in [0.05, 0.1) is 0 Å². The number of hydrogen-bond acceptors (Lipinski definition) is 3. The Kier molecular flexibility index (Phi) is 4.78. The molecule has 0 saturated carbocycles. The topological polar surface area (TPSA) is 61.6 Å². The highest BCUT2D eigenvalue weighted by atomic mass is 35.5. The van der Waals surface area contributed by atoms with Gasteiger partial charge in [-0.15, -0.1) is 0 Å². The van der Waals surface area contributed by atoms with E-state index in [0.29, 0.717) is 5.02 Å². The number of methoxy groups -OCH3 is 1. The zero-order chi connectivity index (χ0) is 13.0. The van der Waals surface area contributed by atoms with Gasteiger partial charge in [0, 0.05) is 17.7 Å². The summed E-state index contributed by atoms with van der Waals surface area (Å²) in [6.07, 6.45) is -1.77. The van der Waals surface area contributed by atoms with Crippen molar-refractivity contribution >= 4 is 17.7 Å². The van der Waals surface area contributed by atoms with E-state index in [1.165, 1.54) is 7.11 Å². The number of ether oxygens (including phenoxy) is 2. The minimum Gasteiger partial charge on any atom is -0.444 e. The van der Waals surface area contributed by atoms with E-state index in [2.05, 4.69) is 0 Å². The molecule has 0 bridgehead atoms. The average molecular weight is 258 g/mol. The molecule has 0 aliphatic rings. The molecule has 0 radical (unpaired) electrons. The molecule has 1 amide bonds. The molecule has 0 saturated heterocycles. The first-order valence-electron chi connectivity index (χ1n) is 5.20. The molecule has 0 spiro atoms. The lowest BCUT2D eigenvalue weighted by Gasteiger charge is -2.23. The van der Waals surface area contributed by atoms with Crippen LogP contribution in [0.1, 0.15) is 24.2 Å². The van der Waals surface area contributed by atoms with Gasteiger partial charge in [-0.05, 0) is 25.5 Å². The van der Waals surface area contributed by atoms with E-state index in [9.17, 15) is 4.79 Å². The molecule has 2 unspecified atom stereocenters. The van der Waals surface area contributed by atoms with Crippen LogP contribution in [-0.4, -0.2) is 19.3 Å². The first-order chi connectivity index (χ1) is 7.95. The standard InChI is InChI=1S/C12H16ClNO3/c1-7-4-5-9(10(13)6-7)11(16-3)8(2)17-12(14)15/h4-6,8,11H,1-3H3,(H2,14,15). The second-order valence-corrected chi connectivity index (χ2v) is 4.23. The SMILES string of the molecule is COC(c1ccc(C)cc1Cl)C(C)OC(N)=O. The van der Waals surface area contributed by atoms with Crippen LogP contribution in [-0.2, 0) is 9.47 Å². The van der Waals surface area contributed by atoms with Crippen LogP contribution < -0.4 is 5.73 Å². The summed E-state index contributed by atoms with van der Waals surface area (Å²) in [6.45, 7) is 3.65. The number of amides is 1. The Morgan fingerprint density at radius 1 is 1.47 bits per heavy atom. The molecule has 0 aliphatic carbocycles. The third kappa shape index (κ3) is 3.61. The van der Waals surface area contributed by atoms with Crippen molar-refractivity contribution in [3.8, 4) is 0 Å². The zero-order valence-corrected chi connectivity index (χ0v) is 10.8. The van der Waals surface area contributed by atoms with Gasteiger partial charge in [0.25, 0.3) is 0 Å². The molecule has 0 aromatic heterocycles. The molecule has 17 heavy (non-hydrogen) atoms. The van der Waals surface area contributed by atoms with Crippen LogP contribution >= 0.6 is 11.6 Å². The molecule has 0 fully saturated rings. The normalized spacial score (nSPS) is 14.1. The number of carbonyl (C=O) groups excluding carboxylic acids is 1. The molecule has 2 N–H and O–H groups in total. The van der Waals surface area contributed by atoms with Gasteiger partial charge in [0.2, 0.25) is 0 Å². The third-order valence-corrected chi connectivity index (χ3v) is 2.77. The van der Waals surface area contributed by atoms with Gasteiger partial charge in [-0.2, -0.15) is 0 Å². The molecule has 2 atom stereocenters. The number of halogens is 1. The van der Waals surface area contributed by atoms with Crippen molar-refractivity contribution in [2.24, 2.45) is 5.73 Å². The quantitative estimate of drug-likeness (QED) is 0.902. The Labute approximate surface area is 106 Å². The fraction of sp³-hybridized carbons (Fsp3) is 0.417. The predicted octanol–water partition coefficient (Wildman–Crippen LogP) is 2.82. The Morgan fingerprint density at radius 3 is 2.59 bits per heavy atom. The number of primary amides is 1. The zero-order valence-electron chi connectivity index (χ0n) is 10.1. The van der Waals surface area contributed by atoms with E-state index in [1.807, 2.05) is 25.1 Å². The molecule has 0 heterocycles. The largest absolute Gasteiger partial charge is 0.444 e. The fourth-order valence-corrected chi connectivity index (χ4v) is 2.02. The van der Waals surface area contributed by atoms with Crippen molar-refractivity contribution in [3.05, 3.63) is 34.3 Å². The summed E-state index contributed by atoms with van der Waals surface area (Å²) in [7, 11) is 1.53. The average Bonchev–Trinajstić information content (AvgIpc) is 2.21. The summed E-state index contributed by atoms with van der Waals surface area (Å²) in [5.74, 6) is 0. The highest BCUT2D eigenvalue weighted by Crippen LogP contribution is 2.29. The maximum atomic E-state index is 10.7. The number of nitrogens with two attached hydrogens (primary N) is 1. The Morgan fingerprint density at radius 2 is 2.12 bits per heavy atom. The molecule has 4 nitrogen and oxygen atoms in total. The second-order valence-electron chi connectivity index (χ2n) is 3.82. The van der Waals surface area contributed by atoms with E-state index in [0.717, 1.165) is 11.1 Å². The highest BCUT2D eigenvalue weighted by Gasteiger charge is 2.23. The summed E-state index contributed by atoms with van der Waals surface area (Å²) in [5.41, 5.74) is 6.80. The number of rotatable bonds is 4. The van der Waals surface area contributed by atoms with E-state index in [-0.39, 0.29) is 0 Å². The Hall–Kier alpha value is -1.26. The Balaban J connectivity index is 2.96. The lowest BCUT2D eigenvalue weighted by Crippen LogP contribution is -2.27. The first kappa shape index (κ1) is 13.8. The lowest BCUT2D eigenvalue weighted by molar-refractivity contribution is -0.0120. The Bertz CT molecular complexity index is 409.